The monoisotopic (exact) mass is 371 g/mol. The molecule has 4 rings (SSSR count). The van der Waals surface area contributed by atoms with Crippen LogP contribution in [0.25, 0.3) is 0 Å². The molecule has 1 aliphatic carbocycles. The van der Waals surface area contributed by atoms with Crippen LogP contribution in [0.4, 0.5) is 4.79 Å². The van der Waals surface area contributed by atoms with E-state index in [1.807, 2.05) is 29.2 Å². The van der Waals surface area contributed by atoms with Gasteiger partial charge in [-0.05, 0) is 63.0 Å². The van der Waals surface area contributed by atoms with Crippen LogP contribution in [-0.2, 0) is 6.54 Å². The van der Waals surface area contributed by atoms with Gasteiger partial charge in [0.2, 0.25) is 0 Å². The summed E-state index contributed by atoms with van der Waals surface area (Å²) in [5, 5.41) is 3.18. The Morgan fingerprint density at radius 3 is 2.52 bits per heavy atom. The lowest BCUT2D eigenvalue weighted by atomic mass is 10.2. The molecule has 0 radical (unpaired) electrons. The van der Waals surface area contributed by atoms with E-state index in [0.29, 0.717) is 19.1 Å². The fourth-order valence-electron chi connectivity index (χ4n) is 4.38. The first-order valence-electron chi connectivity index (χ1n) is 10.2. The minimum atomic E-state index is -0.00551. The zero-order chi connectivity index (χ0) is 18.5. The second kappa shape index (κ2) is 8.65. The van der Waals surface area contributed by atoms with Crippen molar-refractivity contribution in [1.29, 1.82) is 0 Å². The van der Waals surface area contributed by atoms with E-state index < -0.39 is 0 Å². The van der Waals surface area contributed by atoms with Crippen molar-refractivity contribution >= 4 is 6.03 Å². The van der Waals surface area contributed by atoms with Crippen molar-refractivity contribution in [1.82, 2.24) is 15.1 Å². The molecule has 6 nitrogen and oxygen atoms in total. The Morgan fingerprint density at radius 2 is 1.85 bits per heavy atom. The highest BCUT2D eigenvalue weighted by molar-refractivity contribution is 5.74. The molecule has 1 aliphatic heterocycles. The third-order valence-corrected chi connectivity index (χ3v) is 5.83. The number of hydrogen-bond donors (Lipinski definition) is 1. The van der Waals surface area contributed by atoms with Crippen LogP contribution in [-0.4, -0.2) is 41.5 Å². The van der Waals surface area contributed by atoms with E-state index in [0.717, 1.165) is 37.5 Å². The largest absolute Gasteiger partial charge is 0.468 e. The smallest absolute Gasteiger partial charge is 0.318 e. The third-order valence-electron chi connectivity index (χ3n) is 5.83. The summed E-state index contributed by atoms with van der Waals surface area (Å²) in [6, 6.07) is 8.12. The maximum Gasteiger partial charge on any atom is 0.318 e. The number of rotatable bonds is 7. The van der Waals surface area contributed by atoms with Gasteiger partial charge in [0.05, 0.1) is 25.1 Å². The second-order valence-electron chi connectivity index (χ2n) is 7.61. The van der Waals surface area contributed by atoms with Gasteiger partial charge in [-0.15, -0.1) is 0 Å². The average molecular weight is 371 g/mol. The highest BCUT2D eigenvalue weighted by Gasteiger charge is 2.30. The number of amides is 2. The summed E-state index contributed by atoms with van der Waals surface area (Å²) in [4.78, 5) is 17.4. The molecular formula is C21H29N3O3. The summed E-state index contributed by atoms with van der Waals surface area (Å²) >= 11 is 0. The van der Waals surface area contributed by atoms with E-state index in [1.165, 1.54) is 25.7 Å². The van der Waals surface area contributed by atoms with Crippen molar-refractivity contribution < 1.29 is 13.6 Å². The fraction of sp³-hybridized carbons (Fsp3) is 0.571. The van der Waals surface area contributed by atoms with Crippen LogP contribution in [0, 0.1) is 0 Å². The molecular weight excluding hydrogens is 342 g/mol. The Labute approximate surface area is 160 Å². The summed E-state index contributed by atoms with van der Waals surface area (Å²) in [5.74, 6) is 1.76. The fourth-order valence-corrected chi connectivity index (χ4v) is 4.38. The molecule has 146 valence electrons. The average Bonchev–Trinajstić information content (AvgIpc) is 3.49. The van der Waals surface area contributed by atoms with Crippen molar-refractivity contribution in [2.75, 3.05) is 19.6 Å². The molecule has 1 atom stereocenters. The van der Waals surface area contributed by atoms with Gasteiger partial charge in [0.25, 0.3) is 0 Å². The molecule has 1 saturated carbocycles. The first-order chi connectivity index (χ1) is 13.3. The summed E-state index contributed by atoms with van der Waals surface area (Å²) in [6.45, 7) is 3.20. The lowest BCUT2D eigenvalue weighted by Gasteiger charge is -2.31. The molecule has 2 aliphatic rings. The summed E-state index contributed by atoms with van der Waals surface area (Å²) in [5.41, 5.74) is 0. The van der Waals surface area contributed by atoms with Gasteiger partial charge in [0.15, 0.2) is 0 Å². The van der Waals surface area contributed by atoms with Gasteiger partial charge in [-0.3, -0.25) is 4.90 Å². The zero-order valence-electron chi connectivity index (χ0n) is 15.8. The van der Waals surface area contributed by atoms with E-state index in [2.05, 4.69) is 10.2 Å². The Kier molecular flexibility index (Phi) is 5.82. The van der Waals surface area contributed by atoms with E-state index in [-0.39, 0.29) is 12.1 Å². The van der Waals surface area contributed by atoms with Gasteiger partial charge in [0.1, 0.15) is 11.5 Å². The maximum absolute atomic E-state index is 13.1. The summed E-state index contributed by atoms with van der Waals surface area (Å²) in [6.07, 6.45) is 10.3. The minimum Gasteiger partial charge on any atom is -0.468 e. The molecule has 1 saturated heterocycles. The van der Waals surface area contributed by atoms with Crippen LogP contribution < -0.4 is 5.32 Å². The predicted octanol–water partition coefficient (Wildman–Crippen LogP) is 4.16. The highest BCUT2D eigenvalue weighted by Crippen LogP contribution is 2.27. The Hall–Kier alpha value is -2.21. The van der Waals surface area contributed by atoms with E-state index in [4.69, 9.17) is 8.83 Å². The molecule has 0 bridgehead atoms. The first kappa shape index (κ1) is 18.2. The minimum absolute atomic E-state index is 0.00551. The summed E-state index contributed by atoms with van der Waals surface area (Å²) < 4.78 is 11.2. The van der Waals surface area contributed by atoms with Gasteiger partial charge in [-0.2, -0.15) is 0 Å². The third kappa shape index (κ3) is 4.38. The Balaban J connectivity index is 1.42. The van der Waals surface area contributed by atoms with Gasteiger partial charge in [-0.25, -0.2) is 4.79 Å². The standard InChI is InChI=1S/C21H29N3O3/c25-21(24(17-7-1-2-8-17)16-18-9-5-13-26-18)22-15-19(20-10-6-14-27-20)23-11-3-4-12-23/h5-6,9-10,13-14,17,19H,1-4,7-8,11-12,15-16H2,(H,22,25)/t19-/m1/s1. The second-order valence-corrected chi connectivity index (χ2v) is 7.61. The van der Waals surface area contributed by atoms with Crippen LogP contribution in [0.15, 0.2) is 45.6 Å². The van der Waals surface area contributed by atoms with Gasteiger partial charge in [0, 0.05) is 12.6 Å². The number of carbonyl (C=O) groups is 1. The van der Waals surface area contributed by atoms with Gasteiger partial charge in [-0.1, -0.05) is 12.8 Å². The number of nitrogens with one attached hydrogen (secondary N) is 1. The van der Waals surface area contributed by atoms with Crippen molar-refractivity contribution in [2.24, 2.45) is 0 Å². The normalized spacial score (nSPS) is 19.4. The van der Waals surface area contributed by atoms with Crippen molar-refractivity contribution in [2.45, 2.75) is 57.2 Å². The number of nitrogens with zero attached hydrogens (tertiary/aromatic N) is 2. The van der Waals surface area contributed by atoms with E-state index >= 15 is 0 Å². The molecule has 2 aromatic rings. The molecule has 27 heavy (non-hydrogen) atoms. The lowest BCUT2D eigenvalue weighted by Crippen LogP contribution is -2.47. The topological polar surface area (TPSA) is 61.9 Å². The first-order valence-corrected chi connectivity index (χ1v) is 10.2. The number of carbonyl (C=O) groups excluding carboxylic acids is 1. The van der Waals surface area contributed by atoms with Crippen LogP contribution in [0.3, 0.4) is 0 Å². The molecule has 2 fully saturated rings. The van der Waals surface area contributed by atoms with Crippen LogP contribution >= 0.6 is 0 Å². The molecule has 6 heteroatoms. The van der Waals surface area contributed by atoms with Crippen molar-refractivity contribution in [3.63, 3.8) is 0 Å². The van der Waals surface area contributed by atoms with Crippen molar-refractivity contribution in [3.8, 4) is 0 Å². The molecule has 0 spiro atoms. The SMILES string of the molecule is O=C(NC[C@H](c1ccco1)N1CCCC1)N(Cc1ccco1)C1CCCC1. The molecule has 3 heterocycles. The quantitative estimate of drug-likeness (QED) is 0.794. The maximum atomic E-state index is 13.1. The van der Waals surface area contributed by atoms with Crippen LogP contribution in [0.2, 0.25) is 0 Å². The van der Waals surface area contributed by atoms with Gasteiger partial charge < -0.3 is 19.1 Å². The number of likely N-dealkylation sites (tertiary alicyclic amines) is 1. The van der Waals surface area contributed by atoms with Gasteiger partial charge >= 0.3 is 6.03 Å². The number of urea groups is 1. The van der Waals surface area contributed by atoms with E-state index in [9.17, 15) is 4.79 Å². The zero-order valence-corrected chi connectivity index (χ0v) is 15.8. The number of furan rings is 2. The highest BCUT2D eigenvalue weighted by atomic mass is 16.3. The molecule has 0 unspecified atom stereocenters. The van der Waals surface area contributed by atoms with Crippen LogP contribution in [0.5, 0.6) is 0 Å². The Bertz CT molecular complexity index is 686. The molecule has 1 N–H and O–H groups in total. The Morgan fingerprint density at radius 1 is 1.11 bits per heavy atom. The van der Waals surface area contributed by atoms with Crippen LogP contribution in [0.1, 0.15) is 56.1 Å². The molecule has 2 aromatic heterocycles. The predicted molar refractivity (Wildman–Crippen MR) is 102 cm³/mol. The molecule has 0 aromatic carbocycles. The lowest BCUT2D eigenvalue weighted by molar-refractivity contribution is 0.156. The van der Waals surface area contributed by atoms with E-state index in [1.54, 1.807) is 12.5 Å². The molecule has 2 amide bonds. The number of hydrogen-bond acceptors (Lipinski definition) is 4. The van der Waals surface area contributed by atoms with Crippen molar-refractivity contribution in [3.05, 3.63) is 48.3 Å². The summed E-state index contributed by atoms with van der Waals surface area (Å²) in [7, 11) is 0.